The van der Waals surface area contributed by atoms with Crippen molar-refractivity contribution in [1.82, 2.24) is 4.98 Å². The van der Waals surface area contributed by atoms with Gasteiger partial charge in [0.2, 0.25) is 0 Å². The Kier molecular flexibility index (Phi) is 1.37. The molecule has 0 unspecified atom stereocenters. The monoisotopic (exact) mass is 105 g/mol. The predicted octanol–water partition coefficient (Wildman–Crippen LogP) is 0.956. The minimum atomic E-state index is 0.715. The maximum absolute atomic E-state index is 6.65. The molecule has 2 heteroatoms. The van der Waals surface area contributed by atoms with Gasteiger partial charge in [-0.1, -0.05) is 0 Å². The minimum absolute atomic E-state index is 0.715. The Morgan fingerprint density at radius 2 is 2.50 bits per heavy atom. The molecule has 0 fully saturated rings. The highest BCUT2D eigenvalue weighted by molar-refractivity contribution is 5.75. The molecule has 1 heterocycles. The van der Waals surface area contributed by atoms with Gasteiger partial charge in [-0.3, -0.25) is 10.4 Å². The van der Waals surface area contributed by atoms with Crippen LogP contribution in [0.4, 0.5) is 0 Å². The van der Waals surface area contributed by atoms with Crippen LogP contribution in [0.3, 0.4) is 0 Å². The molecule has 0 saturated heterocycles. The van der Waals surface area contributed by atoms with Crippen LogP contribution < -0.4 is 0 Å². The van der Waals surface area contributed by atoms with Gasteiger partial charge in [0.25, 0.3) is 0 Å². The van der Waals surface area contributed by atoms with Crippen LogP contribution >= 0.6 is 0 Å². The zero-order valence-corrected chi connectivity index (χ0v) is 4.26. The van der Waals surface area contributed by atoms with E-state index in [1.54, 1.807) is 24.5 Å². The van der Waals surface area contributed by atoms with Crippen LogP contribution in [0.15, 0.2) is 24.5 Å². The zero-order valence-electron chi connectivity index (χ0n) is 4.26. The van der Waals surface area contributed by atoms with Gasteiger partial charge in [-0.15, -0.1) is 0 Å². The number of pyridine rings is 1. The second-order valence-electron chi connectivity index (χ2n) is 1.37. The van der Waals surface area contributed by atoms with Crippen LogP contribution in [0.5, 0.6) is 0 Å². The molecule has 1 aromatic heterocycles. The lowest BCUT2D eigenvalue weighted by Gasteiger charge is -1.82. The molecular weight excluding hydrogens is 100 g/mol. The molecule has 0 bridgehead atoms. The molecule has 1 N–H and O–H groups in total. The van der Waals surface area contributed by atoms with Crippen LogP contribution in [0.25, 0.3) is 0 Å². The first-order chi connectivity index (χ1) is 3.93. The summed E-state index contributed by atoms with van der Waals surface area (Å²) in [7, 11) is 0. The SMILES string of the molecule is N=[C]c1cccnc1. The van der Waals surface area contributed by atoms with E-state index in [0.29, 0.717) is 5.56 Å². The van der Waals surface area contributed by atoms with Gasteiger partial charge in [-0.25, -0.2) is 0 Å². The van der Waals surface area contributed by atoms with Gasteiger partial charge in [0.1, 0.15) is 0 Å². The normalized spacial score (nSPS) is 8.50. The van der Waals surface area contributed by atoms with Gasteiger partial charge in [0, 0.05) is 18.0 Å². The average Bonchev–Trinajstić information content (AvgIpc) is 1.90. The molecule has 2 nitrogen and oxygen atoms in total. The lowest BCUT2D eigenvalue weighted by Crippen LogP contribution is -1.77. The number of hydrogen-bond donors (Lipinski definition) is 1. The molecule has 0 aliphatic heterocycles. The summed E-state index contributed by atoms with van der Waals surface area (Å²) in [5, 5.41) is 6.65. The fraction of sp³-hybridized carbons (Fsp3) is 0. The topological polar surface area (TPSA) is 36.7 Å². The Labute approximate surface area is 47.7 Å². The maximum atomic E-state index is 6.65. The van der Waals surface area contributed by atoms with Crippen LogP contribution in [0, 0.1) is 5.41 Å². The highest BCUT2D eigenvalue weighted by Gasteiger charge is 1.79. The predicted molar refractivity (Wildman–Crippen MR) is 31.1 cm³/mol. The molecule has 8 heavy (non-hydrogen) atoms. The van der Waals surface area contributed by atoms with Crippen molar-refractivity contribution < 1.29 is 0 Å². The molecule has 1 rings (SSSR count). The van der Waals surface area contributed by atoms with E-state index >= 15 is 0 Å². The summed E-state index contributed by atoms with van der Waals surface area (Å²) in [6, 6.07) is 3.55. The second kappa shape index (κ2) is 2.21. The first-order valence-electron chi connectivity index (χ1n) is 2.26. The molecule has 0 spiro atoms. The van der Waals surface area contributed by atoms with Gasteiger partial charge in [0.05, 0.1) is 6.21 Å². The van der Waals surface area contributed by atoms with Gasteiger partial charge in [-0.2, -0.15) is 0 Å². The van der Waals surface area contributed by atoms with Crippen LogP contribution in [0.1, 0.15) is 5.56 Å². The largest absolute Gasteiger partial charge is 0.298 e. The third-order valence-corrected chi connectivity index (χ3v) is 0.806. The van der Waals surface area contributed by atoms with Crippen LogP contribution in [-0.2, 0) is 0 Å². The lowest BCUT2D eigenvalue weighted by atomic mass is 10.3. The molecule has 1 radical (unpaired) electrons. The standard InChI is InChI=1S/C6H5N2/c7-4-6-2-1-3-8-5-6/h1-3,5,7H. The van der Waals surface area contributed by atoms with Crippen molar-refractivity contribution in [2.24, 2.45) is 0 Å². The molecule has 39 valence electrons. The van der Waals surface area contributed by atoms with E-state index in [4.69, 9.17) is 5.41 Å². The molecule has 1 aromatic rings. The number of rotatable bonds is 1. The average molecular weight is 105 g/mol. The smallest absolute Gasteiger partial charge is 0.0883 e. The second-order valence-corrected chi connectivity index (χ2v) is 1.37. The minimum Gasteiger partial charge on any atom is -0.298 e. The quantitative estimate of drug-likeness (QED) is 0.530. The molecular formula is C6H5N2. The summed E-state index contributed by atoms with van der Waals surface area (Å²) in [5.41, 5.74) is 0.715. The molecule has 0 aliphatic carbocycles. The molecule has 0 saturated carbocycles. The van der Waals surface area contributed by atoms with E-state index in [1.165, 1.54) is 0 Å². The summed E-state index contributed by atoms with van der Waals surface area (Å²) >= 11 is 0. The number of aromatic nitrogens is 1. The van der Waals surface area contributed by atoms with E-state index in [0.717, 1.165) is 0 Å². The summed E-state index contributed by atoms with van der Waals surface area (Å²) in [6.07, 6.45) is 5.47. The first-order valence-corrected chi connectivity index (χ1v) is 2.26. The zero-order chi connectivity index (χ0) is 5.82. The van der Waals surface area contributed by atoms with Gasteiger partial charge in [-0.05, 0) is 12.1 Å². The maximum Gasteiger partial charge on any atom is 0.0883 e. The Hall–Kier alpha value is -1.18. The molecule has 0 amide bonds. The Morgan fingerprint density at radius 1 is 1.62 bits per heavy atom. The van der Waals surface area contributed by atoms with Crippen molar-refractivity contribution in [3.05, 3.63) is 30.1 Å². The fourth-order valence-corrected chi connectivity index (χ4v) is 0.437. The van der Waals surface area contributed by atoms with Crippen molar-refractivity contribution >= 4 is 6.21 Å². The highest BCUT2D eigenvalue weighted by atomic mass is 14.6. The first kappa shape index (κ1) is 4.97. The third-order valence-electron chi connectivity index (χ3n) is 0.806. The summed E-state index contributed by atoms with van der Waals surface area (Å²) < 4.78 is 0. The summed E-state index contributed by atoms with van der Waals surface area (Å²) in [6.45, 7) is 0. The van der Waals surface area contributed by atoms with E-state index < -0.39 is 0 Å². The van der Waals surface area contributed by atoms with Gasteiger partial charge >= 0.3 is 0 Å². The number of nitrogens with one attached hydrogen (secondary N) is 1. The van der Waals surface area contributed by atoms with Crippen molar-refractivity contribution in [1.29, 1.82) is 5.41 Å². The summed E-state index contributed by atoms with van der Waals surface area (Å²) in [4.78, 5) is 3.77. The van der Waals surface area contributed by atoms with Crippen molar-refractivity contribution in [3.8, 4) is 0 Å². The Bertz CT molecular complexity index is 169. The van der Waals surface area contributed by atoms with Gasteiger partial charge < -0.3 is 0 Å². The number of nitrogens with zero attached hydrogens (tertiary/aromatic N) is 1. The highest BCUT2D eigenvalue weighted by Crippen LogP contribution is 1.87. The molecule has 0 atom stereocenters. The van der Waals surface area contributed by atoms with E-state index in [9.17, 15) is 0 Å². The van der Waals surface area contributed by atoms with E-state index in [2.05, 4.69) is 11.2 Å². The number of hydrogen-bond acceptors (Lipinski definition) is 2. The van der Waals surface area contributed by atoms with E-state index in [1.807, 2.05) is 0 Å². The van der Waals surface area contributed by atoms with Crippen LogP contribution in [-0.4, -0.2) is 11.2 Å². The lowest BCUT2D eigenvalue weighted by molar-refractivity contribution is 1.32. The van der Waals surface area contributed by atoms with E-state index in [-0.39, 0.29) is 0 Å². The van der Waals surface area contributed by atoms with Crippen LogP contribution in [0.2, 0.25) is 0 Å². The Balaban J connectivity index is 2.99. The molecule has 0 aliphatic rings. The third kappa shape index (κ3) is 0.904. The van der Waals surface area contributed by atoms with Crippen molar-refractivity contribution in [2.45, 2.75) is 0 Å². The van der Waals surface area contributed by atoms with Crippen molar-refractivity contribution in [2.75, 3.05) is 0 Å². The Morgan fingerprint density at radius 3 is 2.88 bits per heavy atom. The fourth-order valence-electron chi connectivity index (χ4n) is 0.437. The summed E-state index contributed by atoms with van der Waals surface area (Å²) in [5.74, 6) is 0. The molecule has 0 aromatic carbocycles. The van der Waals surface area contributed by atoms with Crippen molar-refractivity contribution in [3.63, 3.8) is 0 Å². The van der Waals surface area contributed by atoms with Gasteiger partial charge in [0.15, 0.2) is 0 Å².